The quantitative estimate of drug-likeness (QED) is 0.774. The molecule has 0 fully saturated rings. The van der Waals surface area contributed by atoms with E-state index in [2.05, 4.69) is 15.3 Å². The first-order valence-corrected chi connectivity index (χ1v) is 7.47. The van der Waals surface area contributed by atoms with Gasteiger partial charge in [-0.2, -0.15) is 0 Å². The number of aromatic nitrogens is 2. The summed E-state index contributed by atoms with van der Waals surface area (Å²) >= 11 is 1.36. The summed E-state index contributed by atoms with van der Waals surface area (Å²) in [6.45, 7) is 3.82. The van der Waals surface area contributed by atoms with Crippen LogP contribution in [0.4, 0.5) is 0 Å². The highest BCUT2D eigenvalue weighted by atomic mass is 32.2. The number of fused-ring (bicyclic) bond motifs is 1. The number of H-pyrrole nitrogens is 1. The minimum atomic E-state index is -0.207. The van der Waals surface area contributed by atoms with Crippen molar-refractivity contribution in [3.8, 4) is 0 Å². The van der Waals surface area contributed by atoms with Gasteiger partial charge in [0, 0.05) is 6.04 Å². The molecule has 0 aliphatic heterocycles. The Kier molecular flexibility index (Phi) is 3.70. The minimum Gasteiger partial charge on any atom is -0.444 e. The predicted molar refractivity (Wildman–Crippen MR) is 81.5 cm³/mol. The zero-order valence-electron chi connectivity index (χ0n) is 11.7. The number of hydrogen-bond donors (Lipinski definition) is 2. The van der Waals surface area contributed by atoms with E-state index in [4.69, 9.17) is 4.42 Å². The van der Waals surface area contributed by atoms with Gasteiger partial charge in [0.25, 0.3) is 5.91 Å². The Bertz CT molecular complexity index is 743. The highest BCUT2D eigenvalue weighted by Crippen LogP contribution is 2.28. The molecule has 21 heavy (non-hydrogen) atoms. The number of aromatic amines is 1. The molecule has 108 valence electrons. The van der Waals surface area contributed by atoms with Crippen molar-refractivity contribution >= 4 is 28.7 Å². The van der Waals surface area contributed by atoms with Crippen molar-refractivity contribution in [3.63, 3.8) is 0 Å². The van der Waals surface area contributed by atoms with Gasteiger partial charge in [0.2, 0.25) is 0 Å². The molecule has 2 N–H and O–H groups in total. The molecule has 2 heterocycles. The lowest BCUT2D eigenvalue weighted by Crippen LogP contribution is -2.29. The third-order valence-electron chi connectivity index (χ3n) is 2.79. The van der Waals surface area contributed by atoms with Crippen LogP contribution in [0.5, 0.6) is 0 Å². The number of imidazole rings is 1. The van der Waals surface area contributed by atoms with Crippen LogP contribution in [-0.2, 0) is 0 Å². The van der Waals surface area contributed by atoms with Crippen LogP contribution >= 0.6 is 11.8 Å². The molecule has 3 aromatic rings. The number of carbonyl (C=O) groups is 1. The first-order chi connectivity index (χ1) is 10.1. The van der Waals surface area contributed by atoms with Crippen LogP contribution < -0.4 is 5.32 Å². The standard InChI is InChI=1S/C15H15N3O2S/c1-9(2)16-14(19)12-7-8-13(20-12)21-15-17-10-5-3-4-6-11(10)18-15/h3-9H,1-2H3,(H,16,19)(H,17,18). The predicted octanol–water partition coefficient (Wildman–Crippen LogP) is 3.45. The van der Waals surface area contributed by atoms with E-state index in [1.165, 1.54) is 11.8 Å². The number of nitrogens with one attached hydrogen (secondary N) is 2. The Morgan fingerprint density at radius 1 is 1.29 bits per heavy atom. The topological polar surface area (TPSA) is 70.9 Å². The second-order valence-electron chi connectivity index (χ2n) is 4.91. The normalized spacial score (nSPS) is 11.2. The van der Waals surface area contributed by atoms with Gasteiger partial charge in [-0.1, -0.05) is 12.1 Å². The highest BCUT2D eigenvalue weighted by molar-refractivity contribution is 7.99. The van der Waals surface area contributed by atoms with E-state index in [0.29, 0.717) is 10.9 Å². The number of nitrogens with zero attached hydrogens (tertiary/aromatic N) is 1. The van der Waals surface area contributed by atoms with E-state index in [9.17, 15) is 4.79 Å². The molecule has 5 nitrogen and oxygen atoms in total. The zero-order chi connectivity index (χ0) is 14.8. The number of para-hydroxylation sites is 2. The third-order valence-corrected chi connectivity index (χ3v) is 3.60. The van der Waals surface area contributed by atoms with Gasteiger partial charge in [0.05, 0.1) is 11.0 Å². The largest absolute Gasteiger partial charge is 0.444 e. The average Bonchev–Trinajstić information content (AvgIpc) is 3.04. The molecule has 0 aliphatic rings. The SMILES string of the molecule is CC(C)NC(=O)c1ccc(Sc2nc3ccccc3[nH]2)o1. The molecule has 1 aromatic carbocycles. The fraction of sp³-hybridized carbons (Fsp3) is 0.200. The second-order valence-corrected chi connectivity index (χ2v) is 5.90. The molecule has 2 aromatic heterocycles. The van der Waals surface area contributed by atoms with Gasteiger partial charge in [0.1, 0.15) is 0 Å². The Morgan fingerprint density at radius 2 is 2.10 bits per heavy atom. The molecule has 1 amide bonds. The van der Waals surface area contributed by atoms with Crippen molar-refractivity contribution in [3.05, 3.63) is 42.2 Å². The summed E-state index contributed by atoms with van der Waals surface area (Å²) in [7, 11) is 0. The maximum absolute atomic E-state index is 11.8. The molecule has 0 aliphatic carbocycles. The first kappa shape index (κ1) is 13.8. The summed E-state index contributed by atoms with van der Waals surface area (Å²) in [5.41, 5.74) is 1.88. The molecule has 0 saturated carbocycles. The molecule has 0 saturated heterocycles. The lowest BCUT2D eigenvalue weighted by Gasteiger charge is -2.05. The highest BCUT2D eigenvalue weighted by Gasteiger charge is 2.13. The fourth-order valence-corrected chi connectivity index (χ4v) is 2.67. The number of furan rings is 1. The van der Waals surface area contributed by atoms with Crippen molar-refractivity contribution < 1.29 is 9.21 Å². The van der Waals surface area contributed by atoms with Gasteiger partial charge in [-0.05, 0) is 49.9 Å². The molecule has 0 spiro atoms. The van der Waals surface area contributed by atoms with Gasteiger partial charge in [-0.25, -0.2) is 4.98 Å². The Balaban J connectivity index is 1.76. The van der Waals surface area contributed by atoms with Gasteiger partial charge in [0.15, 0.2) is 16.0 Å². The Labute approximate surface area is 126 Å². The van der Waals surface area contributed by atoms with Crippen molar-refractivity contribution in [2.24, 2.45) is 0 Å². The summed E-state index contributed by atoms with van der Waals surface area (Å²) in [4.78, 5) is 19.5. The summed E-state index contributed by atoms with van der Waals surface area (Å²) in [6.07, 6.45) is 0. The molecule has 3 rings (SSSR count). The Morgan fingerprint density at radius 3 is 2.86 bits per heavy atom. The van der Waals surface area contributed by atoms with Crippen molar-refractivity contribution in [1.29, 1.82) is 0 Å². The van der Waals surface area contributed by atoms with Gasteiger partial charge < -0.3 is 14.7 Å². The van der Waals surface area contributed by atoms with E-state index >= 15 is 0 Å². The second kappa shape index (κ2) is 5.65. The first-order valence-electron chi connectivity index (χ1n) is 6.65. The minimum absolute atomic E-state index is 0.0778. The van der Waals surface area contributed by atoms with Gasteiger partial charge in [-0.15, -0.1) is 0 Å². The molecule has 6 heteroatoms. The van der Waals surface area contributed by atoms with Crippen LogP contribution in [0.2, 0.25) is 0 Å². The number of hydrogen-bond acceptors (Lipinski definition) is 4. The maximum atomic E-state index is 11.8. The number of rotatable bonds is 4. The van der Waals surface area contributed by atoms with Crippen molar-refractivity contribution in [2.45, 2.75) is 30.1 Å². The van der Waals surface area contributed by atoms with Crippen LogP contribution in [0.15, 0.2) is 51.1 Å². The number of amides is 1. The van der Waals surface area contributed by atoms with Crippen LogP contribution in [0.3, 0.4) is 0 Å². The third kappa shape index (κ3) is 3.11. The lowest BCUT2D eigenvalue weighted by atomic mass is 10.3. The van der Waals surface area contributed by atoms with Gasteiger partial charge in [-0.3, -0.25) is 4.79 Å². The molecule has 0 atom stereocenters. The van der Waals surface area contributed by atoms with Crippen LogP contribution in [-0.4, -0.2) is 21.9 Å². The van der Waals surface area contributed by atoms with Crippen molar-refractivity contribution in [1.82, 2.24) is 15.3 Å². The summed E-state index contributed by atoms with van der Waals surface area (Å²) in [6, 6.07) is 11.3. The van der Waals surface area contributed by atoms with E-state index in [1.807, 2.05) is 38.1 Å². The molecule has 0 bridgehead atoms. The van der Waals surface area contributed by atoms with E-state index < -0.39 is 0 Å². The maximum Gasteiger partial charge on any atom is 0.287 e. The fourth-order valence-electron chi connectivity index (χ4n) is 1.90. The summed E-state index contributed by atoms with van der Waals surface area (Å²) in [5, 5.41) is 4.16. The average molecular weight is 301 g/mol. The molecular formula is C15H15N3O2S. The van der Waals surface area contributed by atoms with Crippen LogP contribution in [0, 0.1) is 0 Å². The summed E-state index contributed by atoms with van der Waals surface area (Å²) < 4.78 is 5.54. The lowest BCUT2D eigenvalue weighted by molar-refractivity contribution is 0.0910. The summed E-state index contributed by atoms with van der Waals surface area (Å²) in [5.74, 6) is 0.101. The smallest absolute Gasteiger partial charge is 0.287 e. The van der Waals surface area contributed by atoms with Crippen LogP contribution in [0.25, 0.3) is 11.0 Å². The monoisotopic (exact) mass is 301 g/mol. The van der Waals surface area contributed by atoms with E-state index in [1.54, 1.807) is 12.1 Å². The molecule has 0 radical (unpaired) electrons. The number of carbonyl (C=O) groups excluding carboxylic acids is 1. The molecule has 0 unspecified atom stereocenters. The molecular weight excluding hydrogens is 286 g/mol. The zero-order valence-corrected chi connectivity index (χ0v) is 12.5. The van der Waals surface area contributed by atoms with Crippen molar-refractivity contribution in [2.75, 3.05) is 0 Å². The van der Waals surface area contributed by atoms with E-state index in [0.717, 1.165) is 16.2 Å². The number of benzene rings is 1. The van der Waals surface area contributed by atoms with Crippen LogP contribution in [0.1, 0.15) is 24.4 Å². The Hall–Kier alpha value is -2.21. The van der Waals surface area contributed by atoms with E-state index in [-0.39, 0.29) is 11.9 Å². The van der Waals surface area contributed by atoms with Gasteiger partial charge >= 0.3 is 0 Å².